The zero-order valence-electron chi connectivity index (χ0n) is 24.0. The van der Waals surface area contributed by atoms with E-state index in [0.717, 1.165) is 0 Å². The minimum absolute atomic E-state index is 0.0351. The van der Waals surface area contributed by atoms with E-state index in [1.807, 2.05) is 11.3 Å². The Morgan fingerprint density at radius 3 is 2.00 bits per heavy atom. The van der Waals surface area contributed by atoms with Crippen molar-refractivity contribution in [3.63, 3.8) is 0 Å². The Morgan fingerprint density at radius 2 is 1.16 bits per heavy atom. The molecule has 8 aromatic rings. The maximum absolute atomic E-state index is 4.03. The third-order valence-electron chi connectivity index (χ3n) is 9.04. The number of para-hydroxylation sites is 1. The minimum Gasteiger partial charge on any atom is -0.310 e. The maximum atomic E-state index is 4.03. The van der Waals surface area contributed by atoms with Gasteiger partial charge in [0.1, 0.15) is 6.29 Å². The number of nitrogens with two attached hydrogens (primary N) is 1. The molecule has 0 amide bonds. The average molecular weight is 588 g/mol. The summed E-state index contributed by atoms with van der Waals surface area (Å²) < 4.78 is 5.17. The normalized spacial score (nSPS) is 18.9. The van der Waals surface area contributed by atoms with Gasteiger partial charge in [-0.2, -0.15) is 0 Å². The van der Waals surface area contributed by atoms with Crippen molar-refractivity contribution in [2.45, 2.75) is 18.6 Å². The van der Waals surface area contributed by atoms with Crippen LogP contribution in [0.3, 0.4) is 0 Å². The first kappa shape index (κ1) is 25.7. The SMILES string of the molecule is c1ccc(-c2cccc(C3NC(n4c5ccccc5c5ccc6c7ccccc7sc6c54)NC(c4ccccc4)[NH2+]3)c2)cc1. The van der Waals surface area contributed by atoms with E-state index >= 15 is 0 Å². The molecule has 4 N–H and O–H groups in total. The predicted molar refractivity (Wildman–Crippen MR) is 183 cm³/mol. The number of aromatic nitrogens is 1. The van der Waals surface area contributed by atoms with Gasteiger partial charge in [0.2, 0.25) is 0 Å². The van der Waals surface area contributed by atoms with Crippen molar-refractivity contribution in [3.8, 4) is 11.1 Å². The molecule has 3 unspecified atom stereocenters. The Hall–Kier alpha value is -4.78. The topological polar surface area (TPSA) is 45.6 Å². The second-order valence-electron chi connectivity index (χ2n) is 11.6. The summed E-state index contributed by atoms with van der Waals surface area (Å²) in [4.78, 5) is 0. The molecule has 6 aromatic carbocycles. The average Bonchev–Trinajstić information content (AvgIpc) is 3.65. The number of nitrogens with one attached hydrogen (secondary N) is 2. The molecule has 1 saturated heterocycles. The van der Waals surface area contributed by atoms with Crippen LogP contribution in [0.5, 0.6) is 0 Å². The molecular formula is C39H31N4S+. The highest BCUT2D eigenvalue weighted by Crippen LogP contribution is 2.43. The van der Waals surface area contributed by atoms with Crippen LogP contribution in [0.1, 0.15) is 29.7 Å². The summed E-state index contributed by atoms with van der Waals surface area (Å²) in [6.45, 7) is 0. The Bertz CT molecular complexity index is 2290. The second kappa shape index (κ2) is 10.4. The standard InChI is InChI=1S/C39H30N4S/c1-3-12-25(13-4-1)27-16-11-17-28(24-27)38-40-37(26-14-5-2-6-15-26)41-39(42-38)43-33-20-9-7-18-29(33)31-22-23-32-30-19-8-10-21-34(30)44-36(32)35(31)43/h1-24,37-42H/p+1. The molecule has 0 bridgehead atoms. The molecular weight excluding hydrogens is 557 g/mol. The van der Waals surface area contributed by atoms with E-state index in [4.69, 9.17) is 0 Å². The lowest BCUT2D eigenvalue weighted by Gasteiger charge is -2.37. The molecule has 5 heteroatoms. The Balaban J connectivity index is 1.25. The van der Waals surface area contributed by atoms with Crippen molar-refractivity contribution in [3.05, 3.63) is 157 Å². The lowest BCUT2D eigenvalue weighted by atomic mass is 10.0. The van der Waals surface area contributed by atoms with E-state index in [-0.39, 0.29) is 18.6 Å². The maximum Gasteiger partial charge on any atom is 0.170 e. The van der Waals surface area contributed by atoms with Crippen molar-refractivity contribution in [1.82, 2.24) is 15.2 Å². The van der Waals surface area contributed by atoms with Gasteiger partial charge in [0.05, 0.1) is 15.7 Å². The Kier molecular flexibility index (Phi) is 6.10. The number of hydrogen-bond donors (Lipinski definition) is 3. The van der Waals surface area contributed by atoms with E-state index in [1.54, 1.807) is 0 Å². The van der Waals surface area contributed by atoms with E-state index in [9.17, 15) is 0 Å². The molecule has 1 aliphatic rings. The number of benzene rings is 6. The van der Waals surface area contributed by atoms with Crippen molar-refractivity contribution in [2.75, 3.05) is 0 Å². The van der Waals surface area contributed by atoms with E-state index in [2.05, 4.69) is 166 Å². The van der Waals surface area contributed by atoms with E-state index < -0.39 is 0 Å². The summed E-state index contributed by atoms with van der Waals surface area (Å²) in [6.07, 6.45) is -0.0487. The molecule has 4 nitrogen and oxygen atoms in total. The number of hydrogen-bond acceptors (Lipinski definition) is 3. The summed E-state index contributed by atoms with van der Waals surface area (Å²) >= 11 is 1.89. The molecule has 1 fully saturated rings. The van der Waals surface area contributed by atoms with Crippen molar-refractivity contribution >= 4 is 53.3 Å². The smallest absolute Gasteiger partial charge is 0.170 e. The number of rotatable bonds is 4. The fourth-order valence-corrected chi connectivity index (χ4v) is 8.24. The summed E-state index contributed by atoms with van der Waals surface area (Å²) in [5.74, 6) is 0. The molecule has 0 aliphatic carbocycles. The molecule has 3 heterocycles. The van der Waals surface area contributed by atoms with Crippen LogP contribution in [0, 0.1) is 0 Å². The first-order chi connectivity index (χ1) is 21.8. The second-order valence-corrected chi connectivity index (χ2v) is 12.7. The lowest BCUT2D eigenvalue weighted by molar-refractivity contribution is -0.756. The molecule has 2 aromatic heterocycles. The molecule has 9 rings (SSSR count). The Labute approximate surface area is 259 Å². The third kappa shape index (κ3) is 4.17. The van der Waals surface area contributed by atoms with Gasteiger partial charge >= 0.3 is 0 Å². The van der Waals surface area contributed by atoms with Crippen LogP contribution in [0.4, 0.5) is 0 Å². The highest BCUT2D eigenvalue weighted by atomic mass is 32.1. The summed E-state index contributed by atoms with van der Waals surface area (Å²) in [6, 6.07) is 52.7. The fourth-order valence-electron chi connectivity index (χ4n) is 6.99. The molecule has 0 spiro atoms. The van der Waals surface area contributed by atoms with Gasteiger partial charge in [-0.25, -0.2) is 10.6 Å². The summed E-state index contributed by atoms with van der Waals surface area (Å²) in [7, 11) is 0. The van der Waals surface area contributed by atoms with Crippen LogP contribution < -0.4 is 16.0 Å². The zero-order chi connectivity index (χ0) is 29.0. The lowest BCUT2D eigenvalue weighted by Crippen LogP contribution is -2.95. The molecule has 3 atom stereocenters. The number of thiophene rings is 1. The van der Waals surface area contributed by atoms with Crippen LogP contribution >= 0.6 is 11.3 Å². The quantitative estimate of drug-likeness (QED) is 0.194. The minimum atomic E-state index is -0.145. The highest BCUT2D eigenvalue weighted by molar-refractivity contribution is 7.26. The van der Waals surface area contributed by atoms with Gasteiger partial charge in [0.15, 0.2) is 12.3 Å². The largest absolute Gasteiger partial charge is 0.310 e. The molecule has 0 radical (unpaired) electrons. The molecule has 1 aliphatic heterocycles. The first-order valence-electron chi connectivity index (χ1n) is 15.2. The third-order valence-corrected chi connectivity index (χ3v) is 10.2. The van der Waals surface area contributed by atoms with Crippen LogP contribution in [-0.4, -0.2) is 4.57 Å². The molecule has 212 valence electrons. The first-order valence-corrected chi connectivity index (χ1v) is 16.0. The van der Waals surface area contributed by atoms with Gasteiger partial charge in [-0.15, -0.1) is 11.3 Å². The zero-order valence-corrected chi connectivity index (χ0v) is 24.8. The van der Waals surface area contributed by atoms with Gasteiger partial charge in [0, 0.05) is 37.4 Å². The van der Waals surface area contributed by atoms with E-state index in [0.29, 0.717) is 0 Å². The Morgan fingerprint density at radius 1 is 0.523 bits per heavy atom. The number of nitrogens with zero attached hydrogens (tertiary/aromatic N) is 1. The number of quaternary nitrogens is 1. The van der Waals surface area contributed by atoms with Crippen molar-refractivity contribution in [2.24, 2.45) is 0 Å². The summed E-state index contributed by atoms with van der Waals surface area (Å²) in [5.41, 5.74) is 7.48. The van der Waals surface area contributed by atoms with Gasteiger partial charge in [-0.3, -0.25) is 0 Å². The van der Waals surface area contributed by atoms with Crippen molar-refractivity contribution in [1.29, 1.82) is 0 Å². The van der Waals surface area contributed by atoms with E-state index in [1.165, 1.54) is 64.2 Å². The number of fused-ring (bicyclic) bond motifs is 7. The van der Waals surface area contributed by atoms with Crippen LogP contribution in [0.15, 0.2) is 146 Å². The van der Waals surface area contributed by atoms with Gasteiger partial charge < -0.3 is 9.88 Å². The summed E-state index contributed by atoms with van der Waals surface area (Å²) in [5, 5.41) is 15.7. The molecule has 44 heavy (non-hydrogen) atoms. The van der Waals surface area contributed by atoms with Crippen LogP contribution in [0.2, 0.25) is 0 Å². The fraction of sp³-hybridized carbons (Fsp3) is 0.0769. The predicted octanol–water partition coefficient (Wildman–Crippen LogP) is 8.44. The van der Waals surface area contributed by atoms with Crippen molar-refractivity contribution < 1.29 is 5.32 Å². The molecule has 0 saturated carbocycles. The monoisotopic (exact) mass is 587 g/mol. The van der Waals surface area contributed by atoms with Gasteiger partial charge in [-0.05, 0) is 29.3 Å². The highest BCUT2D eigenvalue weighted by Gasteiger charge is 2.35. The van der Waals surface area contributed by atoms with Gasteiger partial charge in [-0.1, -0.05) is 127 Å². The van der Waals surface area contributed by atoms with Crippen LogP contribution in [0.25, 0.3) is 53.1 Å². The van der Waals surface area contributed by atoms with Gasteiger partial charge in [0.25, 0.3) is 0 Å². The van der Waals surface area contributed by atoms with Crippen LogP contribution in [-0.2, 0) is 0 Å².